The minimum Gasteiger partial charge on any atom is -0.321 e. The molecule has 2 aromatic rings. The van der Waals surface area contributed by atoms with Gasteiger partial charge in [0.15, 0.2) is 0 Å². The highest BCUT2D eigenvalue weighted by Crippen LogP contribution is 2.38. The van der Waals surface area contributed by atoms with Gasteiger partial charge >= 0.3 is 6.18 Å². The predicted molar refractivity (Wildman–Crippen MR) is 94.0 cm³/mol. The van der Waals surface area contributed by atoms with Crippen molar-refractivity contribution in [2.75, 3.05) is 5.32 Å². The first kappa shape index (κ1) is 19.3. The molecule has 0 spiro atoms. The zero-order valence-electron chi connectivity index (χ0n) is 14.1. The number of carbonyl (C=O) groups is 1. The van der Waals surface area contributed by atoms with Crippen molar-refractivity contribution in [1.82, 2.24) is 4.98 Å². The predicted octanol–water partition coefficient (Wildman–Crippen LogP) is 5.55. The highest BCUT2D eigenvalue weighted by molar-refractivity contribution is 7.99. The number of halogens is 3. The van der Waals surface area contributed by atoms with E-state index in [1.165, 1.54) is 30.1 Å². The molecule has 0 aliphatic heterocycles. The van der Waals surface area contributed by atoms with E-state index in [1.54, 1.807) is 19.1 Å². The molecule has 1 atom stereocenters. The summed E-state index contributed by atoms with van der Waals surface area (Å²) >= 11 is 1.38. The second-order valence-electron chi connectivity index (χ2n) is 5.68. The Morgan fingerprint density at radius 1 is 1.28 bits per heavy atom. The minimum absolute atomic E-state index is 0.205. The first-order chi connectivity index (χ1) is 11.7. The molecule has 1 heterocycles. The Morgan fingerprint density at radius 3 is 2.56 bits per heavy atom. The van der Waals surface area contributed by atoms with Crippen LogP contribution in [0.5, 0.6) is 0 Å². The number of anilines is 1. The van der Waals surface area contributed by atoms with Gasteiger partial charge in [0.1, 0.15) is 0 Å². The molecule has 0 saturated carbocycles. The number of benzene rings is 1. The fraction of sp³-hybridized carbons (Fsp3) is 0.333. The van der Waals surface area contributed by atoms with Crippen molar-refractivity contribution < 1.29 is 18.0 Å². The molecule has 0 radical (unpaired) electrons. The summed E-state index contributed by atoms with van der Waals surface area (Å²) < 4.78 is 40.1. The average Bonchev–Trinajstić information content (AvgIpc) is 2.55. The van der Waals surface area contributed by atoms with Gasteiger partial charge in [-0.25, -0.2) is 0 Å². The van der Waals surface area contributed by atoms with Crippen LogP contribution in [0.4, 0.5) is 18.9 Å². The lowest BCUT2D eigenvalue weighted by Gasteiger charge is -2.16. The third-order valence-electron chi connectivity index (χ3n) is 3.63. The maximum absolute atomic E-state index is 13.4. The molecule has 1 amide bonds. The number of alkyl halides is 3. The monoisotopic (exact) mass is 368 g/mol. The van der Waals surface area contributed by atoms with Gasteiger partial charge in [-0.15, -0.1) is 11.8 Å². The number of aryl methyl sites for hydroxylation is 1. The summed E-state index contributed by atoms with van der Waals surface area (Å²) in [6.45, 7) is 5.70. The maximum Gasteiger partial charge on any atom is 0.418 e. The summed E-state index contributed by atoms with van der Waals surface area (Å²) in [4.78, 5) is 16.7. The SMILES string of the molecule is CCC(C)Sc1ccc(NC(=O)c2ccc(C)nc2)c(C(F)(F)F)c1. The molecule has 1 aromatic carbocycles. The van der Waals surface area contributed by atoms with Crippen molar-refractivity contribution in [2.45, 2.75) is 43.5 Å². The number of aromatic nitrogens is 1. The van der Waals surface area contributed by atoms with Crippen LogP contribution in [0, 0.1) is 6.92 Å². The third-order valence-corrected chi connectivity index (χ3v) is 4.89. The van der Waals surface area contributed by atoms with E-state index in [0.717, 1.165) is 18.2 Å². The van der Waals surface area contributed by atoms with E-state index in [9.17, 15) is 18.0 Å². The van der Waals surface area contributed by atoms with Crippen molar-refractivity contribution in [3.63, 3.8) is 0 Å². The van der Waals surface area contributed by atoms with Crippen molar-refractivity contribution in [3.8, 4) is 0 Å². The second kappa shape index (κ2) is 7.91. The molecule has 0 fully saturated rings. The lowest BCUT2D eigenvalue weighted by atomic mass is 10.1. The molecule has 1 unspecified atom stereocenters. The van der Waals surface area contributed by atoms with E-state index >= 15 is 0 Å². The molecular weight excluding hydrogens is 349 g/mol. The average molecular weight is 368 g/mol. The Bertz CT molecular complexity index is 745. The molecule has 7 heteroatoms. The zero-order valence-corrected chi connectivity index (χ0v) is 15.0. The highest BCUT2D eigenvalue weighted by Gasteiger charge is 2.34. The van der Waals surface area contributed by atoms with Gasteiger partial charge in [0, 0.05) is 22.0 Å². The van der Waals surface area contributed by atoms with Crippen LogP contribution in [-0.4, -0.2) is 16.1 Å². The standard InChI is InChI=1S/C18H19F3N2OS/c1-4-12(3)25-14-7-8-16(15(9-14)18(19,20)21)23-17(24)13-6-5-11(2)22-10-13/h5-10,12H,4H2,1-3H3,(H,23,24). The number of carbonyl (C=O) groups excluding carboxylic acids is 1. The van der Waals surface area contributed by atoms with Gasteiger partial charge in [-0.1, -0.05) is 13.8 Å². The van der Waals surface area contributed by atoms with E-state index in [4.69, 9.17) is 0 Å². The summed E-state index contributed by atoms with van der Waals surface area (Å²) in [5, 5.41) is 2.55. The normalized spacial score (nSPS) is 12.7. The summed E-state index contributed by atoms with van der Waals surface area (Å²) in [6.07, 6.45) is -2.36. The second-order valence-corrected chi connectivity index (χ2v) is 7.20. The Hall–Kier alpha value is -2.02. The minimum atomic E-state index is -4.56. The fourth-order valence-electron chi connectivity index (χ4n) is 2.05. The van der Waals surface area contributed by atoms with Crippen LogP contribution in [0.3, 0.4) is 0 Å². The Balaban J connectivity index is 2.30. The van der Waals surface area contributed by atoms with Crippen LogP contribution in [-0.2, 0) is 6.18 Å². The van der Waals surface area contributed by atoms with E-state index < -0.39 is 17.6 Å². The molecule has 1 N–H and O–H groups in total. The van der Waals surface area contributed by atoms with Crippen molar-refractivity contribution in [3.05, 3.63) is 53.3 Å². The lowest BCUT2D eigenvalue weighted by Crippen LogP contribution is -2.17. The third kappa shape index (κ3) is 5.22. The van der Waals surface area contributed by atoms with E-state index in [-0.39, 0.29) is 16.5 Å². The van der Waals surface area contributed by atoms with Gasteiger partial charge in [-0.05, 0) is 43.7 Å². The van der Waals surface area contributed by atoms with E-state index in [0.29, 0.717) is 4.90 Å². The van der Waals surface area contributed by atoms with Gasteiger partial charge < -0.3 is 5.32 Å². The van der Waals surface area contributed by atoms with Gasteiger partial charge in [0.2, 0.25) is 0 Å². The zero-order chi connectivity index (χ0) is 18.6. The molecule has 0 bridgehead atoms. The summed E-state index contributed by atoms with van der Waals surface area (Å²) in [6, 6.07) is 7.13. The summed E-state index contributed by atoms with van der Waals surface area (Å²) in [7, 11) is 0. The van der Waals surface area contributed by atoms with Gasteiger partial charge in [0.25, 0.3) is 5.91 Å². The quantitative estimate of drug-likeness (QED) is 0.704. The number of nitrogens with one attached hydrogen (secondary N) is 1. The number of hydrogen-bond acceptors (Lipinski definition) is 3. The molecule has 0 aliphatic rings. The fourth-order valence-corrected chi connectivity index (χ4v) is 3.02. The number of thioether (sulfide) groups is 1. The van der Waals surface area contributed by atoms with Crippen LogP contribution in [0.25, 0.3) is 0 Å². The smallest absolute Gasteiger partial charge is 0.321 e. The molecule has 3 nitrogen and oxygen atoms in total. The first-order valence-corrected chi connectivity index (χ1v) is 8.70. The van der Waals surface area contributed by atoms with E-state index in [2.05, 4.69) is 10.3 Å². The molecular formula is C18H19F3N2OS. The van der Waals surface area contributed by atoms with Crippen molar-refractivity contribution in [2.24, 2.45) is 0 Å². The van der Waals surface area contributed by atoms with E-state index in [1.807, 2.05) is 13.8 Å². The highest BCUT2D eigenvalue weighted by atomic mass is 32.2. The summed E-state index contributed by atoms with van der Waals surface area (Å²) in [5.74, 6) is -0.625. The van der Waals surface area contributed by atoms with Crippen molar-refractivity contribution >= 4 is 23.4 Å². The maximum atomic E-state index is 13.4. The molecule has 0 aliphatic carbocycles. The largest absolute Gasteiger partial charge is 0.418 e. The number of nitrogens with zero attached hydrogens (tertiary/aromatic N) is 1. The first-order valence-electron chi connectivity index (χ1n) is 7.82. The molecule has 25 heavy (non-hydrogen) atoms. The number of hydrogen-bond donors (Lipinski definition) is 1. The van der Waals surface area contributed by atoms with Gasteiger partial charge in [-0.3, -0.25) is 9.78 Å². The number of amides is 1. The Kier molecular flexibility index (Phi) is 6.11. The summed E-state index contributed by atoms with van der Waals surface area (Å²) in [5.41, 5.74) is -0.184. The van der Waals surface area contributed by atoms with Crippen LogP contribution >= 0.6 is 11.8 Å². The van der Waals surface area contributed by atoms with Crippen LogP contribution in [0.2, 0.25) is 0 Å². The number of pyridine rings is 1. The lowest BCUT2D eigenvalue weighted by molar-refractivity contribution is -0.137. The van der Waals surface area contributed by atoms with Crippen LogP contribution in [0.1, 0.15) is 41.9 Å². The van der Waals surface area contributed by atoms with Crippen LogP contribution < -0.4 is 5.32 Å². The molecule has 1 aromatic heterocycles. The Morgan fingerprint density at radius 2 is 2.00 bits per heavy atom. The molecule has 0 saturated heterocycles. The Labute approximate surface area is 149 Å². The molecule has 134 valence electrons. The van der Waals surface area contributed by atoms with Gasteiger partial charge in [-0.2, -0.15) is 13.2 Å². The van der Waals surface area contributed by atoms with Gasteiger partial charge in [0.05, 0.1) is 16.8 Å². The topological polar surface area (TPSA) is 42.0 Å². The van der Waals surface area contributed by atoms with Crippen molar-refractivity contribution in [1.29, 1.82) is 0 Å². The number of rotatable bonds is 5. The molecule has 2 rings (SSSR count). The van der Waals surface area contributed by atoms with Crippen LogP contribution in [0.15, 0.2) is 41.4 Å².